The van der Waals surface area contributed by atoms with Crippen LogP contribution >= 0.6 is 0 Å². The molecular formula is C28H31F3N6O2. The Balaban J connectivity index is 1.51. The number of likely N-dealkylation sites (N-methyl/N-ethyl adjacent to an activating group) is 1. The summed E-state index contributed by atoms with van der Waals surface area (Å²) in [6, 6.07) is 5.89. The number of rotatable bonds is 5. The van der Waals surface area contributed by atoms with Crippen molar-refractivity contribution < 1.29 is 22.7 Å². The highest BCUT2D eigenvalue weighted by molar-refractivity contribution is 6.06. The van der Waals surface area contributed by atoms with E-state index in [1.165, 1.54) is 12.1 Å². The molecule has 2 aliphatic rings. The van der Waals surface area contributed by atoms with Crippen molar-refractivity contribution in [2.75, 3.05) is 61.6 Å². The first-order valence-corrected chi connectivity index (χ1v) is 12.9. The van der Waals surface area contributed by atoms with E-state index in [4.69, 9.17) is 4.74 Å². The smallest absolute Gasteiger partial charge is 0.255 e. The summed E-state index contributed by atoms with van der Waals surface area (Å²) >= 11 is 0. The summed E-state index contributed by atoms with van der Waals surface area (Å²) in [5, 5.41) is 2.76. The van der Waals surface area contributed by atoms with E-state index in [-0.39, 0.29) is 23.2 Å². The molecule has 8 nitrogen and oxygen atoms in total. The van der Waals surface area contributed by atoms with Crippen LogP contribution in [0.2, 0.25) is 0 Å². The van der Waals surface area contributed by atoms with Crippen LogP contribution in [-0.2, 0) is 4.74 Å². The van der Waals surface area contributed by atoms with Gasteiger partial charge in [-0.25, -0.2) is 23.1 Å². The van der Waals surface area contributed by atoms with Crippen molar-refractivity contribution in [3.8, 4) is 11.1 Å². The van der Waals surface area contributed by atoms with Crippen molar-refractivity contribution in [1.82, 2.24) is 14.9 Å². The van der Waals surface area contributed by atoms with E-state index < -0.39 is 23.4 Å². The van der Waals surface area contributed by atoms with Gasteiger partial charge in [0.1, 0.15) is 17.5 Å². The zero-order valence-electron chi connectivity index (χ0n) is 22.1. The quantitative estimate of drug-likeness (QED) is 0.521. The van der Waals surface area contributed by atoms with E-state index in [1.807, 2.05) is 16.8 Å². The van der Waals surface area contributed by atoms with Gasteiger partial charge in [-0.3, -0.25) is 9.69 Å². The number of ether oxygens (including phenoxy) is 1. The molecule has 5 rings (SSSR count). The second kappa shape index (κ2) is 11.2. The molecule has 2 aliphatic heterocycles. The third kappa shape index (κ3) is 5.84. The van der Waals surface area contributed by atoms with Gasteiger partial charge >= 0.3 is 0 Å². The molecule has 0 saturated carbocycles. The standard InChI is InChI=1S/C28H31F3N6O2/c1-17-15-37(16-18(2)35(17)3)26-12-24(31)23(20-13-32-28(33-14-20)36-4-6-39-7-5-36)11-25(26)34-27(38)19-8-21(29)10-22(30)9-19/h8-14,17-18H,4-7,15-16H2,1-3H3,(H,34,38)/t17-,18+. The second-order valence-electron chi connectivity index (χ2n) is 10.1. The van der Waals surface area contributed by atoms with Crippen molar-refractivity contribution in [3.05, 3.63) is 65.7 Å². The van der Waals surface area contributed by atoms with Gasteiger partial charge in [0, 0.05) is 73.4 Å². The van der Waals surface area contributed by atoms with Crippen LogP contribution in [0.4, 0.5) is 30.5 Å². The number of benzene rings is 2. The van der Waals surface area contributed by atoms with Gasteiger partial charge in [0.05, 0.1) is 24.6 Å². The number of morpholine rings is 1. The van der Waals surface area contributed by atoms with E-state index >= 15 is 4.39 Å². The summed E-state index contributed by atoms with van der Waals surface area (Å²) < 4.78 is 48.6. The van der Waals surface area contributed by atoms with Crippen LogP contribution < -0.4 is 15.1 Å². The highest BCUT2D eigenvalue weighted by atomic mass is 19.1. The number of aromatic nitrogens is 2. The average Bonchev–Trinajstić information content (AvgIpc) is 2.92. The first-order chi connectivity index (χ1) is 18.7. The van der Waals surface area contributed by atoms with Gasteiger partial charge in [0.15, 0.2) is 0 Å². The number of halogens is 3. The lowest BCUT2D eigenvalue weighted by Gasteiger charge is -2.44. The Morgan fingerprint density at radius 1 is 0.923 bits per heavy atom. The maximum atomic E-state index is 15.6. The average molecular weight is 541 g/mol. The SMILES string of the molecule is C[C@@H]1CN(c2cc(F)c(-c3cnc(N4CCOCC4)nc3)cc2NC(=O)c2cc(F)cc(F)c2)C[C@H](C)N1C. The molecule has 3 aromatic rings. The van der Waals surface area contributed by atoms with E-state index in [0.29, 0.717) is 68.3 Å². The molecule has 0 aliphatic carbocycles. The van der Waals surface area contributed by atoms with Gasteiger partial charge < -0.3 is 19.9 Å². The van der Waals surface area contributed by atoms with Crippen LogP contribution in [0.25, 0.3) is 11.1 Å². The zero-order valence-corrected chi connectivity index (χ0v) is 22.1. The molecular weight excluding hydrogens is 509 g/mol. The minimum atomic E-state index is -0.862. The first-order valence-electron chi connectivity index (χ1n) is 12.9. The molecule has 0 radical (unpaired) electrons. The monoisotopic (exact) mass is 540 g/mol. The molecule has 2 saturated heterocycles. The Hall–Kier alpha value is -3.70. The molecule has 11 heteroatoms. The molecule has 206 valence electrons. The van der Waals surface area contributed by atoms with E-state index in [2.05, 4.69) is 34.0 Å². The summed E-state index contributed by atoms with van der Waals surface area (Å²) in [5.41, 5.74) is 1.26. The van der Waals surface area contributed by atoms with Crippen LogP contribution in [0.15, 0.2) is 42.7 Å². The summed E-state index contributed by atoms with van der Waals surface area (Å²) in [5.74, 6) is -2.40. The fourth-order valence-electron chi connectivity index (χ4n) is 5.01. The molecule has 1 amide bonds. The highest BCUT2D eigenvalue weighted by Crippen LogP contribution is 2.36. The number of hydrogen-bond acceptors (Lipinski definition) is 7. The van der Waals surface area contributed by atoms with E-state index in [0.717, 1.165) is 12.1 Å². The van der Waals surface area contributed by atoms with E-state index in [9.17, 15) is 13.6 Å². The topological polar surface area (TPSA) is 73.8 Å². The number of piperazine rings is 1. The molecule has 2 aromatic carbocycles. The molecule has 2 fully saturated rings. The third-order valence-corrected chi connectivity index (χ3v) is 7.40. The van der Waals surface area contributed by atoms with Gasteiger partial charge in [-0.1, -0.05) is 0 Å². The summed E-state index contributed by atoms with van der Waals surface area (Å²) in [6.07, 6.45) is 3.09. The van der Waals surface area contributed by atoms with Crippen LogP contribution in [0, 0.1) is 17.5 Å². The molecule has 0 bridgehead atoms. The largest absolute Gasteiger partial charge is 0.378 e. The van der Waals surface area contributed by atoms with Gasteiger partial charge in [-0.05, 0) is 45.2 Å². The Bertz CT molecular complexity index is 1320. The predicted molar refractivity (Wildman–Crippen MR) is 144 cm³/mol. The van der Waals surface area contributed by atoms with Crippen molar-refractivity contribution in [2.24, 2.45) is 0 Å². The van der Waals surface area contributed by atoms with Crippen molar-refractivity contribution >= 4 is 23.2 Å². The van der Waals surface area contributed by atoms with Gasteiger partial charge in [0.25, 0.3) is 5.91 Å². The highest BCUT2D eigenvalue weighted by Gasteiger charge is 2.29. The number of nitrogens with one attached hydrogen (secondary N) is 1. The van der Waals surface area contributed by atoms with Gasteiger partial charge in [-0.2, -0.15) is 0 Å². The minimum Gasteiger partial charge on any atom is -0.378 e. The summed E-state index contributed by atoms with van der Waals surface area (Å²) in [6.45, 7) is 7.88. The summed E-state index contributed by atoms with van der Waals surface area (Å²) in [4.78, 5) is 28.2. The number of hydrogen-bond donors (Lipinski definition) is 1. The molecule has 0 unspecified atom stereocenters. The fourth-order valence-corrected chi connectivity index (χ4v) is 5.01. The number of amides is 1. The fraction of sp³-hybridized carbons (Fsp3) is 0.393. The van der Waals surface area contributed by atoms with Crippen LogP contribution in [0.5, 0.6) is 0 Å². The van der Waals surface area contributed by atoms with Crippen molar-refractivity contribution in [3.63, 3.8) is 0 Å². The van der Waals surface area contributed by atoms with Crippen molar-refractivity contribution in [2.45, 2.75) is 25.9 Å². The number of carbonyl (C=O) groups excluding carboxylic acids is 1. The molecule has 1 aromatic heterocycles. The maximum Gasteiger partial charge on any atom is 0.255 e. The lowest BCUT2D eigenvalue weighted by Crippen LogP contribution is -2.55. The minimum absolute atomic E-state index is 0.178. The van der Waals surface area contributed by atoms with Crippen LogP contribution in [0.1, 0.15) is 24.2 Å². The van der Waals surface area contributed by atoms with Crippen molar-refractivity contribution in [1.29, 1.82) is 0 Å². The molecule has 1 N–H and O–H groups in total. The Morgan fingerprint density at radius 2 is 1.54 bits per heavy atom. The van der Waals surface area contributed by atoms with Gasteiger partial charge in [0.2, 0.25) is 5.95 Å². The Labute approximate surface area is 225 Å². The Morgan fingerprint density at radius 3 is 2.15 bits per heavy atom. The molecule has 3 heterocycles. The van der Waals surface area contributed by atoms with Gasteiger partial charge in [-0.15, -0.1) is 0 Å². The zero-order chi connectivity index (χ0) is 27.7. The lowest BCUT2D eigenvalue weighted by molar-refractivity contribution is 0.102. The Kier molecular flexibility index (Phi) is 7.72. The first kappa shape index (κ1) is 26.9. The third-order valence-electron chi connectivity index (χ3n) is 7.40. The number of anilines is 3. The number of carbonyl (C=O) groups is 1. The lowest BCUT2D eigenvalue weighted by atomic mass is 10.0. The second-order valence-corrected chi connectivity index (χ2v) is 10.1. The molecule has 0 spiro atoms. The predicted octanol–water partition coefficient (Wildman–Crippen LogP) is 4.18. The normalized spacial score (nSPS) is 20.3. The maximum absolute atomic E-state index is 15.6. The number of nitrogens with zero attached hydrogens (tertiary/aromatic N) is 5. The molecule has 2 atom stereocenters. The molecule has 39 heavy (non-hydrogen) atoms. The van der Waals surface area contributed by atoms with Crippen LogP contribution in [0.3, 0.4) is 0 Å². The summed E-state index contributed by atoms with van der Waals surface area (Å²) in [7, 11) is 2.04. The van der Waals surface area contributed by atoms with E-state index in [1.54, 1.807) is 12.4 Å². The van der Waals surface area contributed by atoms with Crippen LogP contribution in [-0.4, -0.2) is 79.3 Å².